The van der Waals surface area contributed by atoms with E-state index in [0.717, 1.165) is 54.6 Å². The van der Waals surface area contributed by atoms with Crippen molar-refractivity contribution in [2.45, 2.75) is 32.0 Å². The lowest BCUT2D eigenvalue weighted by Crippen LogP contribution is -2.33. The standard InChI is InChI=1S/C14H21F3N2S/c1-18-7-4-11-5-8-19(9-6-11)10-12-2-3-13(20-12)14(15,16)17/h2-3,11,18H,4-10H2,1H3. The first-order valence-corrected chi connectivity index (χ1v) is 7.83. The average molecular weight is 306 g/mol. The number of piperidine rings is 1. The van der Waals surface area contributed by atoms with Crippen LogP contribution in [0.3, 0.4) is 0 Å². The molecule has 1 fully saturated rings. The molecule has 0 atom stereocenters. The van der Waals surface area contributed by atoms with Crippen LogP contribution in [-0.2, 0) is 12.7 Å². The molecule has 1 aromatic heterocycles. The zero-order chi connectivity index (χ0) is 14.6. The van der Waals surface area contributed by atoms with Crippen molar-refractivity contribution in [2.24, 2.45) is 5.92 Å². The molecule has 20 heavy (non-hydrogen) atoms. The molecule has 0 spiro atoms. The Kier molecular flexibility index (Phi) is 5.46. The number of thiophene rings is 1. The fraction of sp³-hybridized carbons (Fsp3) is 0.714. The molecule has 1 aromatic rings. The van der Waals surface area contributed by atoms with Crippen LogP contribution < -0.4 is 5.32 Å². The van der Waals surface area contributed by atoms with Crippen LogP contribution in [0, 0.1) is 5.92 Å². The van der Waals surface area contributed by atoms with Gasteiger partial charge in [-0.3, -0.25) is 4.90 Å². The summed E-state index contributed by atoms with van der Waals surface area (Å²) in [6, 6.07) is 2.81. The number of nitrogens with zero attached hydrogens (tertiary/aromatic N) is 1. The molecule has 1 saturated heterocycles. The number of likely N-dealkylation sites (tertiary alicyclic amines) is 1. The monoisotopic (exact) mass is 306 g/mol. The molecule has 0 saturated carbocycles. The summed E-state index contributed by atoms with van der Waals surface area (Å²) in [4.78, 5) is 2.59. The summed E-state index contributed by atoms with van der Waals surface area (Å²) in [6.45, 7) is 3.69. The van der Waals surface area contributed by atoms with Crippen LogP contribution in [0.25, 0.3) is 0 Å². The fourth-order valence-electron chi connectivity index (χ4n) is 2.62. The van der Waals surface area contributed by atoms with E-state index in [1.807, 2.05) is 7.05 Å². The van der Waals surface area contributed by atoms with Crippen LogP contribution >= 0.6 is 11.3 Å². The Hall–Kier alpha value is -0.590. The Morgan fingerprint density at radius 3 is 2.55 bits per heavy atom. The molecule has 0 aliphatic carbocycles. The Morgan fingerprint density at radius 1 is 1.30 bits per heavy atom. The maximum atomic E-state index is 12.5. The van der Waals surface area contributed by atoms with Gasteiger partial charge in [0.2, 0.25) is 0 Å². The minimum absolute atomic E-state index is 0.489. The summed E-state index contributed by atoms with van der Waals surface area (Å²) in [5.74, 6) is 0.757. The number of hydrogen-bond acceptors (Lipinski definition) is 3. The third-order valence-electron chi connectivity index (χ3n) is 3.83. The lowest BCUT2D eigenvalue weighted by molar-refractivity contribution is -0.134. The van der Waals surface area contributed by atoms with Crippen molar-refractivity contribution in [1.82, 2.24) is 10.2 Å². The minimum atomic E-state index is -4.21. The maximum absolute atomic E-state index is 12.5. The summed E-state index contributed by atoms with van der Waals surface area (Å²) in [5, 5.41) is 3.16. The number of rotatable bonds is 5. The molecule has 2 heterocycles. The summed E-state index contributed by atoms with van der Waals surface area (Å²) in [6.07, 6.45) is -0.705. The largest absolute Gasteiger partial charge is 0.425 e. The predicted molar refractivity (Wildman–Crippen MR) is 75.9 cm³/mol. The van der Waals surface area contributed by atoms with Gasteiger partial charge in [-0.15, -0.1) is 11.3 Å². The van der Waals surface area contributed by atoms with E-state index in [9.17, 15) is 13.2 Å². The Bertz CT molecular complexity index is 409. The van der Waals surface area contributed by atoms with Gasteiger partial charge in [0.15, 0.2) is 0 Å². The zero-order valence-electron chi connectivity index (χ0n) is 11.7. The molecule has 2 rings (SSSR count). The van der Waals surface area contributed by atoms with Crippen molar-refractivity contribution in [1.29, 1.82) is 0 Å². The molecule has 6 heteroatoms. The van der Waals surface area contributed by atoms with Gasteiger partial charge in [-0.05, 0) is 64.0 Å². The van der Waals surface area contributed by atoms with Gasteiger partial charge >= 0.3 is 6.18 Å². The molecule has 1 aliphatic heterocycles. The number of alkyl halides is 3. The van der Waals surface area contributed by atoms with Gasteiger partial charge in [0.25, 0.3) is 0 Å². The van der Waals surface area contributed by atoms with E-state index in [-0.39, 0.29) is 0 Å². The highest BCUT2D eigenvalue weighted by atomic mass is 32.1. The van der Waals surface area contributed by atoms with E-state index in [0.29, 0.717) is 6.54 Å². The average Bonchev–Trinajstić information content (AvgIpc) is 2.86. The number of hydrogen-bond donors (Lipinski definition) is 1. The first-order valence-electron chi connectivity index (χ1n) is 7.02. The van der Waals surface area contributed by atoms with Crippen LogP contribution in [0.4, 0.5) is 13.2 Å². The highest BCUT2D eigenvalue weighted by Gasteiger charge is 2.32. The fourth-order valence-corrected chi connectivity index (χ4v) is 3.53. The lowest BCUT2D eigenvalue weighted by Gasteiger charge is -2.31. The SMILES string of the molecule is CNCCC1CCN(Cc2ccc(C(F)(F)F)s2)CC1. The Morgan fingerprint density at radius 2 is 2.00 bits per heavy atom. The summed E-state index contributed by atoms with van der Waals surface area (Å²) in [5.41, 5.74) is 0. The van der Waals surface area contributed by atoms with E-state index >= 15 is 0 Å². The van der Waals surface area contributed by atoms with E-state index in [1.54, 1.807) is 6.07 Å². The van der Waals surface area contributed by atoms with Gasteiger partial charge in [-0.2, -0.15) is 13.2 Å². The van der Waals surface area contributed by atoms with Crippen molar-refractivity contribution in [3.63, 3.8) is 0 Å². The maximum Gasteiger partial charge on any atom is 0.425 e. The smallest absolute Gasteiger partial charge is 0.320 e. The van der Waals surface area contributed by atoms with Crippen LogP contribution in [0.15, 0.2) is 12.1 Å². The van der Waals surface area contributed by atoms with Crippen molar-refractivity contribution in [2.75, 3.05) is 26.7 Å². The molecule has 1 N–H and O–H groups in total. The summed E-state index contributed by atoms with van der Waals surface area (Å²) >= 11 is 0.871. The predicted octanol–water partition coefficient (Wildman–Crippen LogP) is 3.59. The molecule has 1 aliphatic rings. The zero-order valence-corrected chi connectivity index (χ0v) is 12.5. The molecule has 114 valence electrons. The van der Waals surface area contributed by atoms with Crippen LogP contribution in [0.5, 0.6) is 0 Å². The van der Waals surface area contributed by atoms with E-state index in [2.05, 4.69) is 10.2 Å². The van der Waals surface area contributed by atoms with Crippen molar-refractivity contribution < 1.29 is 13.2 Å². The van der Waals surface area contributed by atoms with Crippen molar-refractivity contribution >= 4 is 11.3 Å². The Balaban J connectivity index is 1.79. The van der Waals surface area contributed by atoms with Gasteiger partial charge in [-0.1, -0.05) is 0 Å². The van der Waals surface area contributed by atoms with Crippen LogP contribution in [-0.4, -0.2) is 31.6 Å². The molecular formula is C14H21F3N2S. The third kappa shape index (κ3) is 4.46. The molecule has 0 radical (unpaired) electrons. The van der Waals surface area contributed by atoms with Crippen molar-refractivity contribution in [3.8, 4) is 0 Å². The normalized spacial score (nSPS) is 18.6. The van der Waals surface area contributed by atoms with Gasteiger partial charge in [0.05, 0.1) is 0 Å². The molecule has 0 bridgehead atoms. The topological polar surface area (TPSA) is 15.3 Å². The molecular weight excluding hydrogens is 285 g/mol. The van der Waals surface area contributed by atoms with Gasteiger partial charge in [0.1, 0.15) is 4.88 Å². The lowest BCUT2D eigenvalue weighted by atomic mass is 9.93. The second kappa shape index (κ2) is 6.91. The minimum Gasteiger partial charge on any atom is -0.320 e. The number of halogens is 3. The van der Waals surface area contributed by atoms with E-state index in [4.69, 9.17) is 0 Å². The van der Waals surface area contributed by atoms with Gasteiger partial charge in [0, 0.05) is 11.4 Å². The molecule has 0 amide bonds. The number of nitrogens with one attached hydrogen (secondary N) is 1. The molecule has 0 aromatic carbocycles. The highest BCUT2D eigenvalue weighted by Crippen LogP contribution is 2.35. The van der Waals surface area contributed by atoms with Crippen LogP contribution in [0.2, 0.25) is 0 Å². The third-order valence-corrected chi connectivity index (χ3v) is 4.95. The van der Waals surface area contributed by atoms with Gasteiger partial charge < -0.3 is 5.32 Å². The van der Waals surface area contributed by atoms with Gasteiger partial charge in [-0.25, -0.2) is 0 Å². The molecule has 0 unspecified atom stereocenters. The summed E-state index contributed by atoms with van der Waals surface area (Å²) in [7, 11) is 1.96. The first-order chi connectivity index (χ1) is 9.49. The van der Waals surface area contributed by atoms with E-state index < -0.39 is 11.1 Å². The van der Waals surface area contributed by atoms with Crippen LogP contribution in [0.1, 0.15) is 29.0 Å². The highest BCUT2D eigenvalue weighted by molar-refractivity contribution is 7.12. The first kappa shape index (κ1) is 15.8. The van der Waals surface area contributed by atoms with Crippen molar-refractivity contribution in [3.05, 3.63) is 21.9 Å². The summed E-state index contributed by atoms with van der Waals surface area (Å²) < 4.78 is 37.6. The Labute approximate surface area is 122 Å². The molecule has 2 nitrogen and oxygen atoms in total. The second-order valence-electron chi connectivity index (χ2n) is 5.38. The quantitative estimate of drug-likeness (QED) is 0.894. The second-order valence-corrected chi connectivity index (χ2v) is 6.54. The van der Waals surface area contributed by atoms with E-state index in [1.165, 1.54) is 12.5 Å².